The quantitative estimate of drug-likeness (QED) is 0.0792. The van der Waals surface area contributed by atoms with Crippen LogP contribution in [0.1, 0.15) is 48.9 Å². The second-order valence-corrected chi connectivity index (χ2v) is 17.9. The highest BCUT2D eigenvalue weighted by Crippen LogP contribution is 2.48. The minimum Gasteiger partial charge on any atom is -0.497 e. The van der Waals surface area contributed by atoms with Gasteiger partial charge in [-0.2, -0.15) is 8.42 Å². The third-order valence-electron chi connectivity index (χ3n) is 12.8. The topological polar surface area (TPSA) is 174 Å². The zero-order valence-electron chi connectivity index (χ0n) is 38.4. The van der Waals surface area contributed by atoms with Crippen LogP contribution >= 0.6 is 0 Å². The fraction of sp³-hybridized carbons (Fsp3) is 0.510. The van der Waals surface area contributed by atoms with E-state index in [2.05, 4.69) is 0 Å². The highest BCUT2D eigenvalue weighted by molar-refractivity contribution is 7.80. The van der Waals surface area contributed by atoms with E-state index in [9.17, 15) is 13.0 Å². The maximum absolute atomic E-state index is 12.8. The predicted octanol–water partition coefficient (Wildman–Crippen LogP) is 7.06. The number of hydrogen-bond donors (Lipinski definition) is 1. The number of fused-ring (bicyclic) bond motifs is 1. The van der Waals surface area contributed by atoms with Gasteiger partial charge >= 0.3 is 10.4 Å². The van der Waals surface area contributed by atoms with Crippen LogP contribution < -0.4 is 14.2 Å². The second-order valence-electron chi connectivity index (χ2n) is 16.9. The SMILES string of the molecule is COc1ccc(COC[C@H]2[C@H](C[C@H]3O[C@@H](OCc4ccccc4)[C@@H]4O[C@@](C)(OC)[C@](C)(OC)O[C@H]4[C@H]3OS(=O)(=O)O)C[C@@H](OCc3ccc(OC)cc3)[C@@H]2OCc2ccc(OC)cc2)cc1. The molecule has 0 spiro atoms. The molecule has 0 radical (unpaired) electrons. The van der Waals surface area contributed by atoms with Gasteiger partial charge in [0.25, 0.3) is 0 Å². The van der Waals surface area contributed by atoms with Gasteiger partial charge in [0.15, 0.2) is 6.29 Å². The van der Waals surface area contributed by atoms with Crippen molar-refractivity contribution in [2.24, 2.45) is 11.8 Å². The normalized spacial score (nSPS) is 29.8. The van der Waals surface area contributed by atoms with E-state index in [1.54, 1.807) is 35.2 Å². The van der Waals surface area contributed by atoms with Gasteiger partial charge in [-0.05, 0) is 91.3 Å². The third-order valence-corrected chi connectivity index (χ3v) is 13.3. The van der Waals surface area contributed by atoms with Crippen molar-refractivity contribution in [3.63, 3.8) is 0 Å². The molecule has 16 nitrogen and oxygen atoms in total. The van der Waals surface area contributed by atoms with Crippen LogP contribution in [0.5, 0.6) is 17.2 Å². The summed E-state index contributed by atoms with van der Waals surface area (Å²) in [5.41, 5.74) is 3.65. The monoisotopic (exact) mass is 938 g/mol. The standard InChI is InChI=1S/C49H62O16S/c1-48(56-6)49(2,57-7)64-46-45(63-48)44(65-66(50,51)52)42(62-47(46)61-30-32-11-9-8-10-12-32)26-36-25-41(59-28-34-15-21-38(54-4)22-16-34)43(60-29-35-17-23-39(55-5)24-18-35)40(36)31-58-27-33-13-19-37(53-3)20-14-33/h8-24,36,40-47H,25-31H2,1-7H3,(H,50,51,52)/t36-,40-,41+,42+,43+,44-,45-,46+,47+,48+,49+/m0/s1. The van der Waals surface area contributed by atoms with Crippen molar-refractivity contribution < 1.29 is 74.0 Å². The lowest BCUT2D eigenvalue weighted by Crippen LogP contribution is -2.73. The Morgan fingerprint density at radius 2 is 1.09 bits per heavy atom. The van der Waals surface area contributed by atoms with Gasteiger partial charge in [0.1, 0.15) is 35.6 Å². The van der Waals surface area contributed by atoms with Gasteiger partial charge in [0.2, 0.25) is 11.6 Å². The molecule has 0 bridgehead atoms. The lowest BCUT2D eigenvalue weighted by molar-refractivity contribution is -0.483. The van der Waals surface area contributed by atoms with Crippen LogP contribution in [0.3, 0.4) is 0 Å². The summed E-state index contributed by atoms with van der Waals surface area (Å²) >= 11 is 0. The lowest BCUT2D eigenvalue weighted by atomic mass is 9.85. The van der Waals surface area contributed by atoms with Gasteiger partial charge in [-0.15, -0.1) is 0 Å². The zero-order chi connectivity index (χ0) is 46.9. The molecule has 3 fully saturated rings. The van der Waals surface area contributed by atoms with Crippen molar-refractivity contribution in [3.8, 4) is 17.2 Å². The molecule has 2 heterocycles. The smallest absolute Gasteiger partial charge is 0.397 e. The number of methoxy groups -OCH3 is 5. The highest BCUT2D eigenvalue weighted by atomic mass is 32.3. The number of ether oxygens (including phenoxy) is 12. The van der Waals surface area contributed by atoms with Crippen LogP contribution in [-0.2, 0) is 83.6 Å². The van der Waals surface area contributed by atoms with Crippen molar-refractivity contribution in [2.45, 2.75) is 108 Å². The highest BCUT2D eigenvalue weighted by Gasteiger charge is 2.64. The maximum Gasteiger partial charge on any atom is 0.397 e. The Bertz CT molecular complexity index is 2210. The Morgan fingerprint density at radius 1 is 0.606 bits per heavy atom. The molecule has 4 aromatic rings. The van der Waals surface area contributed by atoms with E-state index in [1.807, 2.05) is 103 Å². The van der Waals surface area contributed by atoms with Gasteiger partial charge in [-0.1, -0.05) is 66.7 Å². The minimum atomic E-state index is -5.09. The summed E-state index contributed by atoms with van der Waals surface area (Å²) in [5.74, 6) is -1.55. The summed E-state index contributed by atoms with van der Waals surface area (Å²) in [4.78, 5) is 0. The first-order chi connectivity index (χ1) is 31.8. The Balaban J connectivity index is 1.23. The molecule has 4 aromatic carbocycles. The predicted molar refractivity (Wildman–Crippen MR) is 239 cm³/mol. The molecule has 0 aromatic heterocycles. The van der Waals surface area contributed by atoms with E-state index in [0.29, 0.717) is 13.0 Å². The van der Waals surface area contributed by atoms with E-state index in [-0.39, 0.29) is 44.7 Å². The molecular weight excluding hydrogens is 877 g/mol. The molecule has 11 atom stereocenters. The lowest BCUT2D eigenvalue weighted by Gasteiger charge is -2.57. The van der Waals surface area contributed by atoms with E-state index in [1.165, 1.54) is 14.2 Å². The number of benzene rings is 4. The van der Waals surface area contributed by atoms with Gasteiger partial charge in [-0.25, -0.2) is 4.18 Å². The van der Waals surface area contributed by atoms with E-state index < -0.39 is 64.9 Å². The molecule has 7 rings (SSSR count). The van der Waals surface area contributed by atoms with Crippen LogP contribution in [0.15, 0.2) is 103 Å². The fourth-order valence-corrected chi connectivity index (χ4v) is 9.40. The molecule has 0 unspecified atom stereocenters. The average Bonchev–Trinajstić information content (AvgIpc) is 3.66. The van der Waals surface area contributed by atoms with Gasteiger partial charge in [0.05, 0.1) is 72.7 Å². The van der Waals surface area contributed by atoms with Crippen LogP contribution in [0, 0.1) is 11.8 Å². The molecular formula is C49H62O16S. The zero-order valence-corrected chi connectivity index (χ0v) is 39.3. The Hall–Kier alpha value is -4.21. The molecule has 360 valence electrons. The van der Waals surface area contributed by atoms with Crippen molar-refractivity contribution >= 4 is 10.4 Å². The van der Waals surface area contributed by atoms with E-state index >= 15 is 0 Å². The first-order valence-electron chi connectivity index (χ1n) is 21.9. The number of hydrogen-bond acceptors (Lipinski definition) is 15. The summed E-state index contributed by atoms with van der Waals surface area (Å²) in [7, 11) is 2.62. The summed E-state index contributed by atoms with van der Waals surface area (Å²) in [6, 6.07) is 32.4. The Labute approximate surface area is 387 Å². The maximum atomic E-state index is 12.8. The third kappa shape index (κ3) is 12.1. The first-order valence-corrected chi connectivity index (χ1v) is 23.3. The van der Waals surface area contributed by atoms with Crippen LogP contribution in [-0.4, -0.2) is 110 Å². The molecule has 1 aliphatic carbocycles. The van der Waals surface area contributed by atoms with Crippen LogP contribution in [0.4, 0.5) is 0 Å². The molecule has 2 aliphatic heterocycles. The van der Waals surface area contributed by atoms with E-state index in [0.717, 1.165) is 39.5 Å². The Kier molecular flexibility index (Phi) is 16.8. The number of rotatable bonds is 22. The summed E-state index contributed by atoms with van der Waals surface area (Å²) in [6.07, 6.45) is -6.32. The average molecular weight is 939 g/mol. The van der Waals surface area contributed by atoms with Crippen LogP contribution in [0.25, 0.3) is 0 Å². The van der Waals surface area contributed by atoms with Crippen LogP contribution in [0.2, 0.25) is 0 Å². The van der Waals surface area contributed by atoms with Crippen molar-refractivity contribution in [1.29, 1.82) is 0 Å². The summed E-state index contributed by atoms with van der Waals surface area (Å²) in [6.45, 7) is 4.43. The molecule has 17 heteroatoms. The summed E-state index contributed by atoms with van der Waals surface area (Å²) in [5, 5.41) is 0. The minimum absolute atomic E-state index is 0.119. The first kappa shape index (κ1) is 49.7. The van der Waals surface area contributed by atoms with Gasteiger partial charge < -0.3 is 56.8 Å². The second kappa shape index (κ2) is 22.3. The van der Waals surface area contributed by atoms with Crippen molar-refractivity contribution in [3.05, 3.63) is 125 Å². The summed E-state index contributed by atoms with van der Waals surface area (Å²) < 4.78 is 116. The molecule has 1 saturated carbocycles. The molecule has 66 heavy (non-hydrogen) atoms. The largest absolute Gasteiger partial charge is 0.497 e. The molecule has 1 N–H and O–H groups in total. The van der Waals surface area contributed by atoms with Gasteiger partial charge in [0, 0.05) is 20.1 Å². The van der Waals surface area contributed by atoms with E-state index in [4.69, 9.17) is 61.0 Å². The Morgan fingerprint density at radius 3 is 1.61 bits per heavy atom. The molecule has 2 saturated heterocycles. The van der Waals surface area contributed by atoms with Crippen molar-refractivity contribution in [1.82, 2.24) is 0 Å². The fourth-order valence-electron chi connectivity index (χ4n) is 8.89. The molecule has 0 amide bonds. The van der Waals surface area contributed by atoms with Crippen molar-refractivity contribution in [2.75, 3.05) is 42.2 Å². The van der Waals surface area contributed by atoms with Gasteiger partial charge in [-0.3, -0.25) is 4.55 Å². The molecule has 3 aliphatic rings.